The van der Waals surface area contributed by atoms with Crippen molar-refractivity contribution in [3.8, 4) is 0 Å². The minimum Gasteiger partial charge on any atom is -0.854 e. The fourth-order valence-corrected chi connectivity index (χ4v) is 0. The zero-order chi connectivity index (χ0) is 10.2. The predicted octanol–water partition coefficient (Wildman–Crippen LogP) is -0.732. The quantitative estimate of drug-likeness (QED) is 0.639. The van der Waals surface area contributed by atoms with Crippen LogP contribution in [0, 0.1) is 0 Å². The summed E-state index contributed by atoms with van der Waals surface area (Å²) in [5, 5.41) is 27.9. The second-order valence-corrected chi connectivity index (χ2v) is 2.11. The van der Waals surface area contributed by atoms with Gasteiger partial charge in [0.2, 0.25) is 0 Å². The van der Waals surface area contributed by atoms with Gasteiger partial charge in [-0.25, -0.2) is 0 Å². The van der Waals surface area contributed by atoms with Crippen LogP contribution in [0.2, 0.25) is 0 Å². The van der Waals surface area contributed by atoms with Crippen molar-refractivity contribution in [3.05, 3.63) is 0 Å². The summed E-state index contributed by atoms with van der Waals surface area (Å²) in [6.45, 7) is 5.81. The van der Waals surface area contributed by atoms with Crippen LogP contribution in [0.15, 0.2) is 0 Å². The molecule has 0 spiro atoms. The predicted molar refractivity (Wildman–Crippen MR) is 45.5 cm³/mol. The van der Waals surface area contributed by atoms with Crippen LogP contribution in [0.25, 0.3) is 0 Å². The molecular formula is C9H21O3V-3. The Labute approximate surface area is 94.1 Å². The molecule has 0 bridgehead atoms. The Morgan fingerprint density at radius 2 is 0.692 bits per heavy atom. The van der Waals surface area contributed by atoms with Gasteiger partial charge in [0, 0.05) is 18.6 Å². The van der Waals surface area contributed by atoms with E-state index in [2.05, 4.69) is 0 Å². The SMILES string of the molecule is CCC[O-].CCC[O-].CCC[O-].[V]. The second-order valence-electron chi connectivity index (χ2n) is 2.11. The third kappa shape index (κ3) is 114. The van der Waals surface area contributed by atoms with E-state index in [0.717, 1.165) is 19.3 Å². The van der Waals surface area contributed by atoms with Crippen LogP contribution in [0.5, 0.6) is 0 Å². The molecular weight excluding hydrogens is 207 g/mol. The van der Waals surface area contributed by atoms with Crippen LogP contribution in [0.3, 0.4) is 0 Å². The number of hydrogen-bond acceptors (Lipinski definition) is 3. The topological polar surface area (TPSA) is 69.2 Å². The van der Waals surface area contributed by atoms with Crippen molar-refractivity contribution in [2.45, 2.75) is 40.0 Å². The van der Waals surface area contributed by atoms with Crippen molar-refractivity contribution in [2.75, 3.05) is 19.8 Å². The van der Waals surface area contributed by atoms with Crippen molar-refractivity contribution >= 4 is 0 Å². The fourth-order valence-electron chi connectivity index (χ4n) is 0. The molecule has 0 saturated heterocycles. The summed E-state index contributed by atoms with van der Waals surface area (Å²) in [4.78, 5) is 0. The first kappa shape index (κ1) is 23.4. The van der Waals surface area contributed by atoms with Crippen LogP contribution in [-0.2, 0) is 18.6 Å². The van der Waals surface area contributed by atoms with Gasteiger partial charge in [-0.1, -0.05) is 40.0 Å². The van der Waals surface area contributed by atoms with Crippen LogP contribution >= 0.6 is 0 Å². The molecule has 0 atom stereocenters. The Hall–Kier alpha value is 0.464. The molecule has 3 nitrogen and oxygen atoms in total. The van der Waals surface area contributed by atoms with E-state index in [4.69, 9.17) is 0 Å². The van der Waals surface area contributed by atoms with Gasteiger partial charge in [0.05, 0.1) is 0 Å². The van der Waals surface area contributed by atoms with Crippen molar-refractivity contribution in [1.29, 1.82) is 0 Å². The zero-order valence-corrected chi connectivity index (χ0v) is 10.3. The van der Waals surface area contributed by atoms with E-state index in [9.17, 15) is 15.3 Å². The van der Waals surface area contributed by atoms with Gasteiger partial charge in [0.15, 0.2) is 0 Å². The van der Waals surface area contributed by atoms with E-state index < -0.39 is 0 Å². The summed E-state index contributed by atoms with van der Waals surface area (Å²) in [5.74, 6) is 0. The Kier molecular flexibility index (Phi) is 70.4. The molecule has 0 fully saturated rings. The summed E-state index contributed by atoms with van der Waals surface area (Å²) in [6, 6.07) is 0. The first-order chi connectivity index (χ1) is 5.74. The molecule has 0 amide bonds. The number of hydrogen-bond donors (Lipinski definition) is 0. The first-order valence-corrected chi connectivity index (χ1v) is 4.49. The average Bonchev–Trinajstić information content (AvgIpc) is 2.18. The van der Waals surface area contributed by atoms with Gasteiger partial charge >= 0.3 is 0 Å². The Morgan fingerprint density at radius 3 is 0.692 bits per heavy atom. The molecule has 0 saturated carbocycles. The fraction of sp³-hybridized carbons (Fsp3) is 1.00. The molecule has 0 aliphatic carbocycles. The van der Waals surface area contributed by atoms with E-state index in [1.54, 1.807) is 0 Å². The molecule has 4 heteroatoms. The van der Waals surface area contributed by atoms with Gasteiger partial charge in [-0.15, -0.1) is 19.8 Å². The Bertz CT molecular complexity index is 30.3. The molecule has 0 rings (SSSR count). The van der Waals surface area contributed by atoms with Crippen LogP contribution in [-0.4, -0.2) is 19.8 Å². The normalized spacial score (nSPS) is 6.92. The summed E-state index contributed by atoms with van der Waals surface area (Å²) in [7, 11) is 0. The van der Waals surface area contributed by atoms with E-state index in [1.807, 2.05) is 20.8 Å². The third-order valence-corrected chi connectivity index (χ3v) is 0.612. The van der Waals surface area contributed by atoms with E-state index >= 15 is 0 Å². The summed E-state index contributed by atoms with van der Waals surface area (Å²) in [5.41, 5.74) is 0. The van der Waals surface area contributed by atoms with Gasteiger partial charge in [0.1, 0.15) is 0 Å². The molecule has 0 aliphatic heterocycles. The van der Waals surface area contributed by atoms with Crippen molar-refractivity contribution < 1.29 is 33.9 Å². The summed E-state index contributed by atoms with van der Waals surface area (Å²) >= 11 is 0. The van der Waals surface area contributed by atoms with E-state index in [1.165, 1.54) is 0 Å². The second kappa shape index (κ2) is 39.2. The molecule has 0 unspecified atom stereocenters. The largest absolute Gasteiger partial charge is 0.854 e. The molecule has 0 aromatic rings. The van der Waals surface area contributed by atoms with Crippen LogP contribution in [0.4, 0.5) is 0 Å². The smallest absolute Gasteiger partial charge is 0 e. The van der Waals surface area contributed by atoms with Gasteiger partial charge in [-0.05, 0) is 0 Å². The van der Waals surface area contributed by atoms with Crippen LogP contribution in [0.1, 0.15) is 40.0 Å². The molecule has 1 radical (unpaired) electrons. The maximum atomic E-state index is 9.30. The summed E-state index contributed by atoms with van der Waals surface area (Å²) < 4.78 is 0. The van der Waals surface area contributed by atoms with Gasteiger partial charge in [-0.3, -0.25) is 0 Å². The molecule has 0 aliphatic rings. The Balaban J connectivity index is -0.0000000450. The maximum absolute atomic E-state index is 9.30. The van der Waals surface area contributed by atoms with Crippen molar-refractivity contribution in [1.82, 2.24) is 0 Å². The Morgan fingerprint density at radius 1 is 0.615 bits per heavy atom. The first-order valence-electron chi connectivity index (χ1n) is 4.49. The van der Waals surface area contributed by atoms with Gasteiger partial charge in [-0.2, -0.15) is 0 Å². The molecule has 0 N–H and O–H groups in total. The molecule has 83 valence electrons. The monoisotopic (exact) mass is 228 g/mol. The van der Waals surface area contributed by atoms with Gasteiger partial charge < -0.3 is 15.3 Å². The van der Waals surface area contributed by atoms with E-state index in [-0.39, 0.29) is 38.4 Å². The summed E-state index contributed by atoms with van der Waals surface area (Å²) in [6.07, 6.45) is 2.29. The van der Waals surface area contributed by atoms with Crippen molar-refractivity contribution in [2.24, 2.45) is 0 Å². The molecule has 0 aromatic heterocycles. The number of rotatable bonds is 3. The molecule has 13 heavy (non-hydrogen) atoms. The van der Waals surface area contributed by atoms with E-state index in [0.29, 0.717) is 0 Å². The van der Waals surface area contributed by atoms with Gasteiger partial charge in [0.25, 0.3) is 0 Å². The van der Waals surface area contributed by atoms with Crippen molar-refractivity contribution in [3.63, 3.8) is 0 Å². The minimum atomic E-state index is 0. The van der Waals surface area contributed by atoms with Crippen LogP contribution < -0.4 is 15.3 Å². The minimum absolute atomic E-state index is 0. The average molecular weight is 228 g/mol. The third-order valence-electron chi connectivity index (χ3n) is 0.612. The molecule has 0 heterocycles. The zero-order valence-electron chi connectivity index (χ0n) is 8.91. The maximum Gasteiger partial charge on any atom is 0 e. The molecule has 0 aromatic carbocycles. The standard InChI is InChI=1S/3C3H7O.V/c3*1-2-3-4;/h3*2-3H2,1H3;/q3*-1;.